The lowest BCUT2D eigenvalue weighted by atomic mass is 9.97. The number of sulfonamides is 1. The number of halogens is 1. The lowest BCUT2D eigenvalue weighted by Crippen LogP contribution is -2.51. The highest BCUT2D eigenvalue weighted by Crippen LogP contribution is 2.40. The van der Waals surface area contributed by atoms with Crippen molar-refractivity contribution in [3.05, 3.63) is 23.0 Å². The van der Waals surface area contributed by atoms with Gasteiger partial charge in [-0.15, -0.1) is 0 Å². The van der Waals surface area contributed by atoms with Gasteiger partial charge in [-0.25, -0.2) is 18.2 Å². The maximum Gasteiger partial charge on any atom is 0.410 e. The van der Waals surface area contributed by atoms with E-state index in [0.29, 0.717) is 17.8 Å². The van der Waals surface area contributed by atoms with Crippen molar-refractivity contribution in [3.63, 3.8) is 0 Å². The number of carbonyl (C=O) groups excluding carboxylic acids is 1. The molecular formula is C21H28ClN3O5S. The molecule has 0 aliphatic carbocycles. The summed E-state index contributed by atoms with van der Waals surface area (Å²) in [5, 5.41) is 0.0934. The van der Waals surface area contributed by atoms with Crippen LogP contribution < -0.4 is 0 Å². The highest BCUT2D eigenvalue weighted by molar-refractivity contribution is 7.89. The molecule has 170 valence electrons. The number of ether oxygens (including phenoxy) is 1. The van der Waals surface area contributed by atoms with Crippen LogP contribution in [0.4, 0.5) is 4.79 Å². The summed E-state index contributed by atoms with van der Waals surface area (Å²) in [4.78, 5) is 18.5. The number of oxazole rings is 1. The van der Waals surface area contributed by atoms with Crippen molar-refractivity contribution < 1.29 is 22.4 Å². The second-order valence-corrected chi connectivity index (χ2v) is 12.5. The summed E-state index contributed by atoms with van der Waals surface area (Å²) >= 11 is 6.37. The van der Waals surface area contributed by atoms with Crippen LogP contribution in [0.3, 0.4) is 0 Å². The van der Waals surface area contributed by atoms with Gasteiger partial charge in [0.2, 0.25) is 15.9 Å². The zero-order valence-electron chi connectivity index (χ0n) is 18.6. The van der Waals surface area contributed by atoms with E-state index >= 15 is 0 Å². The summed E-state index contributed by atoms with van der Waals surface area (Å²) in [6.45, 7) is 11.7. The molecule has 31 heavy (non-hydrogen) atoms. The number of aromatic nitrogens is 1. The predicted octanol–water partition coefficient (Wildman–Crippen LogP) is 4.16. The van der Waals surface area contributed by atoms with Crippen molar-refractivity contribution in [2.45, 2.75) is 76.0 Å². The first-order valence-corrected chi connectivity index (χ1v) is 12.1. The molecule has 1 aromatic heterocycles. The third-order valence-corrected chi connectivity index (χ3v) is 7.90. The summed E-state index contributed by atoms with van der Waals surface area (Å²) in [5.41, 5.74) is -0.366. The zero-order chi connectivity index (χ0) is 22.9. The third kappa shape index (κ3) is 3.91. The zero-order valence-corrected chi connectivity index (χ0v) is 20.2. The summed E-state index contributed by atoms with van der Waals surface area (Å²) in [6.07, 6.45) is 0.151. The van der Waals surface area contributed by atoms with Crippen LogP contribution in [0.15, 0.2) is 21.4 Å². The van der Waals surface area contributed by atoms with Gasteiger partial charge in [0.05, 0.1) is 11.1 Å². The molecule has 2 saturated heterocycles. The highest BCUT2D eigenvalue weighted by Gasteiger charge is 2.51. The Kier molecular flexibility index (Phi) is 5.11. The summed E-state index contributed by atoms with van der Waals surface area (Å²) in [6, 6.07) is 2.63. The van der Waals surface area contributed by atoms with E-state index in [-0.39, 0.29) is 46.1 Å². The Hall–Kier alpha value is -1.84. The first-order chi connectivity index (χ1) is 14.2. The quantitative estimate of drug-likeness (QED) is 0.655. The van der Waals surface area contributed by atoms with E-state index in [0.717, 1.165) is 0 Å². The molecule has 2 aliphatic heterocycles. The number of nitrogens with zero attached hydrogens (tertiary/aromatic N) is 3. The molecule has 2 atom stereocenters. The molecule has 10 heteroatoms. The van der Waals surface area contributed by atoms with Crippen molar-refractivity contribution in [1.29, 1.82) is 0 Å². The van der Waals surface area contributed by atoms with Crippen LogP contribution in [0.25, 0.3) is 11.1 Å². The first kappa shape index (κ1) is 22.4. The third-order valence-electron chi connectivity index (χ3n) is 5.49. The van der Waals surface area contributed by atoms with E-state index in [2.05, 4.69) is 4.98 Å². The number of amides is 1. The molecule has 1 amide bonds. The molecule has 2 fully saturated rings. The van der Waals surface area contributed by atoms with Crippen molar-refractivity contribution in [2.24, 2.45) is 0 Å². The molecule has 4 rings (SSSR count). The standard InChI is InChI=1S/C21H28ClN3O5S/c1-20(2,3)18-23-15-8-7-14(22)17(16(15)29-18)31(27,28)25-11-12-9-13(25)10-24(12)19(26)30-21(4,5)6/h7-8,12-13H,9-11H2,1-6H3/t12-,13-/m0/s1. The van der Waals surface area contributed by atoms with Crippen molar-refractivity contribution >= 4 is 38.8 Å². The van der Waals surface area contributed by atoms with E-state index < -0.39 is 21.7 Å². The fourth-order valence-electron chi connectivity index (χ4n) is 4.09. The fraction of sp³-hybridized carbons (Fsp3) is 0.619. The van der Waals surface area contributed by atoms with E-state index in [9.17, 15) is 13.2 Å². The molecule has 8 nitrogen and oxygen atoms in total. The van der Waals surface area contributed by atoms with Crippen LogP contribution in [-0.4, -0.2) is 59.5 Å². The minimum Gasteiger partial charge on any atom is -0.444 e. The van der Waals surface area contributed by atoms with E-state index in [1.165, 1.54) is 10.4 Å². The van der Waals surface area contributed by atoms with E-state index in [4.69, 9.17) is 20.8 Å². The lowest BCUT2D eigenvalue weighted by molar-refractivity contribution is 0.0173. The molecule has 3 heterocycles. The molecule has 2 bridgehead atoms. The molecular weight excluding hydrogens is 442 g/mol. The highest BCUT2D eigenvalue weighted by atomic mass is 35.5. The molecule has 0 unspecified atom stereocenters. The molecule has 2 aromatic rings. The Morgan fingerprint density at radius 3 is 2.39 bits per heavy atom. The average molecular weight is 470 g/mol. The van der Waals surface area contributed by atoms with Crippen LogP contribution in [-0.2, 0) is 20.2 Å². The van der Waals surface area contributed by atoms with E-state index in [1.54, 1.807) is 11.0 Å². The largest absolute Gasteiger partial charge is 0.444 e. The van der Waals surface area contributed by atoms with Gasteiger partial charge in [0.1, 0.15) is 16.0 Å². The van der Waals surface area contributed by atoms with Crippen molar-refractivity contribution in [1.82, 2.24) is 14.2 Å². The van der Waals surface area contributed by atoms with Crippen LogP contribution in [0.1, 0.15) is 53.9 Å². The Balaban J connectivity index is 1.66. The van der Waals surface area contributed by atoms with Crippen LogP contribution in [0.5, 0.6) is 0 Å². The fourth-order valence-corrected chi connectivity index (χ4v) is 6.38. The minimum atomic E-state index is -3.95. The van der Waals surface area contributed by atoms with Gasteiger partial charge in [0, 0.05) is 24.5 Å². The van der Waals surface area contributed by atoms with Crippen LogP contribution in [0.2, 0.25) is 5.02 Å². The number of benzene rings is 1. The second-order valence-electron chi connectivity index (χ2n) is 10.2. The number of hydrogen-bond acceptors (Lipinski definition) is 6. The van der Waals surface area contributed by atoms with Gasteiger partial charge in [-0.3, -0.25) is 0 Å². The Morgan fingerprint density at radius 1 is 1.16 bits per heavy atom. The molecule has 0 saturated carbocycles. The number of carbonyl (C=O) groups is 1. The van der Waals surface area contributed by atoms with Gasteiger partial charge >= 0.3 is 6.09 Å². The average Bonchev–Trinajstić information content (AvgIpc) is 3.32. The number of fused-ring (bicyclic) bond motifs is 3. The number of hydrogen-bond donors (Lipinski definition) is 0. The monoisotopic (exact) mass is 469 g/mol. The second kappa shape index (κ2) is 7.08. The first-order valence-electron chi connectivity index (χ1n) is 10.3. The molecule has 1 aromatic carbocycles. The summed E-state index contributed by atoms with van der Waals surface area (Å²) < 4.78 is 40.1. The summed E-state index contributed by atoms with van der Waals surface area (Å²) in [5.74, 6) is 0.445. The Bertz CT molecular complexity index is 1150. The molecule has 2 aliphatic rings. The SMILES string of the molecule is CC(C)(C)OC(=O)N1C[C@@H]2C[C@H]1CN2S(=O)(=O)c1c(Cl)ccc2nc(C(C)(C)C)oc12. The minimum absolute atomic E-state index is 0.0639. The maximum atomic E-state index is 13.6. The van der Waals surface area contributed by atoms with Crippen molar-refractivity contribution in [3.8, 4) is 0 Å². The normalized spacial score (nSPS) is 22.5. The lowest BCUT2D eigenvalue weighted by Gasteiger charge is -2.34. The number of likely N-dealkylation sites (tertiary alicyclic amines) is 1. The van der Waals surface area contributed by atoms with Gasteiger partial charge in [0.25, 0.3) is 0 Å². The van der Waals surface area contributed by atoms with Gasteiger partial charge < -0.3 is 14.1 Å². The Morgan fingerprint density at radius 2 is 1.84 bits per heavy atom. The van der Waals surface area contributed by atoms with Gasteiger partial charge in [-0.1, -0.05) is 32.4 Å². The van der Waals surface area contributed by atoms with Gasteiger partial charge in [-0.05, 0) is 39.3 Å². The summed E-state index contributed by atoms with van der Waals surface area (Å²) in [7, 11) is -3.95. The van der Waals surface area contributed by atoms with Gasteiger partial charge in [-0.2, -0.15) is 4.31 Å². The Labute approximate surface area is 187 Å². The molecule has 0 radical (unpaired) electrons. The van der Waals surface area contributed by atoms with Crippen LogP contribution in [0, 0.1) is 0 Å². The van der Waals surface area contributed by atoms with E-state index in [1.807, 2.05) is 41.5 Å². The maximum absolute atomic E-state index is 13.6. The smallest absolute Gasteiger partial charge is 0.410 e. The number of rotatable bonds is 2. The predicted molar refractivity (Wildman–Crippen MR) is 117 cm³/mol. The van der Waals surface area contributed by atoms with Gasteiger partial charge in [0.15, 0.2) is 5.58 Å². The molecule has 0 N–H and O–H groups in total. The van der Waals surface area contributed by atoms with Crippen molar-refractivity contribution in [2.75, 3.05) is 13.1 Å². The number of piperazine rings is 1. The van der Waals surface area contributed by atoms with Crippen LogP contribution >= 0.6 is 11.6 Å². The molecule has 0 spiro atoms. The topological polar surface area (TPSA) is 93.0 Å².